The maximum Gasteiger partial charge on any atom is 0.697 e. The molecule has 1 atom stereocenters. The molecule has 0 fully saturated rings. The molecule has 0 amide bonds. The first kappa shape index (κ1) is 19.5. The van der Waals surface area contributed by atoms with Crippen molar-refractivity contribution < 1.29 is 23.1 Å². The van der Waals surface area contributed by atoms with Crippen molar-refractivity contribution >= 4 is 14.2 Å². The summed E-state index contributed by atoms with van der Waals surface area (Å²) in [4.78, 5) is 11.4. The molecule has 0 radical (unpaired) electrons. The van der Waals surface area contributed by atoms with Crippen LogP contribution in [0.3, 0.4) is 0 Å². The summed E-state index contributed by atoms with van der Waals surface area (Å²) in [5.41, 5.74) is -0.896. The zero-order valence-corrected chi connectivity index (χ0v) is 14.4. The summed E-state index contributed by atoms with van der Waals surface area (Å²) < 4.78 is 26.8. The van der Waals surface area contributed by atoms with Crippen molar-refractivity contribution in [1.29, 1.82) is 0 Å². The van der Waals surface area contributed by atoms with Gasteiger partial charge in [0.15, 0.2) is 0 Å². The molecule has 0 aliphatic heterocycles. The second-order valence-electron chi connectivity index (χ2n) is 6.66. The molecular formula is C14H28O5P+. The molecule has 0 rings (SSSR count). The lowest BCUT2D eigenvalue weighted by atomic mass is 10.1. The van der Waals surface area contributed by atoms with Gasteiger partial charge >= 0.3 is 14.2 Å². The second-order valence-corrected chi connectivity index (χ2v) is 7.55. The van der Waals surface area contributed by atoms with Crippen LogP contribution >= 0.6 is 8.25 Å². The van der Waals surface area contributed by atoms with E-state index in [1.165, 1.54) is 0 Å². The largest absolute Gasteiger partial charge is 0.697 e. The molecule has 0 aromatic carbocycles. The molecule has 6 heteroatoms. The lowest BCUT2D eigenvalue weighted by Crippen LogP contribution is -2.23. The molecule has 0 saturated heterocycles. The van der Waals surface area contributed by atoms with Crippen LogP contribution < -0.4 is 0 Å². The van der Waals surface area contributed by atoms with Crippen LogP contribution in [-0.4, -0.2) is 23.8 Å². The predicted molar refractivity (Wildman–Crippen MR) is 78.7 cm³/mol. The Labute approximate surface area is 123 Å². The molecule has 0 heterocycles. The smallest absolute Gasteiger partial charge is 0.460 e. The number of ether oxygens (including phenoxy) is 1. The molecule has 0 aromatic heterocycles. The molecule has 1 unspecified atom stereocenters. The minimum atomic E-state index is -2.06. The first-order valence-corrected chi connectivity index (χ1v) is 8.10. The number of carbonyl (C=O) groups excluding carboxylic acids is 1. The van der Waals surface area contributed by atoms with Gasteiger partial charge in [0.25, 0.3) is 0 Å². The SMILES string of the molecule is CC(C)(C)OC(=O)CCCCCO[P+](=O)OC(C)(C)C. The summed E-state index contributed by atoms with van der Waals surface area (Å²) in [6, 6.07) is 0. The maximum absolute atomic E-state index is 11.4. The highest BCUT2D eigenvalue weighted by molar-refractivity contribution is 7.33. The van der Waals surface area contributed by atoms with E-state index < -0.39 is 19.5 Å². The number of hydrogen-bond donors (Lipinski definition) is 0. The number of unbranched alkanes of at least 4 members (excludes halogenated alkanes) is 2. The normalized spacial score (nSPS) is 13.2. The van der Waals surface area contributed by atoms with Crippen molar-refractivity contribution in [3.63, 3.8) is 0 Å². The van der Waals surface area contributed by atoms with Crippen molar-refractivity contribution in [3.8, 4) is 0 Å². The Morgan fingerprint density at radius 1 is 0.950 bits per heavy atom. The van der Waals surface area contributed by atoms with Gasteiger partial charge in [-0.2, -0.15) is 0 Å². The van der Waals surface area contributed by atoms with E-state index in [1.807, 2.05) is 41.5 Å². The van der Waals surface area contributed by atoms with E-state index >= 15 is 0 Å². The van der Waals surface area contributed by atoms with Gasteiger partial charge in [-0.1, -0.05) is 6.42 Å². The Bertz CT molecular complexity index is 283. The van der Waals surface area contributed by atoms with Crippen LogP contribution in [0, 0.1) is 0 Å². The fourth-order valence-corrected chi connectivity index (χ4v) is 2.11. The van der Waals surface area contributed by atoms with Gasteiger partial charge in [0.1, 0.15) is 17.8 Å². The molecule has 20 heavy (non-hydrogen) atoms. The lowest BCUT2D eigenvalue weighted by molar-refractivity contribution is -0.154. The fraction of sp³-hybridized carbons (Fsp3) is 0.929. The molecule has 0 bridgehead atoms. The third-order valence-electron chi connectivity index (χ3n) is 1.99. The Balaban J connectivity index is 3.54. The summed E-state index contributed by atoms with van der Waals surface area (Å²) >= 11 is 0. The van der Waals surface area contributed by atoms with Crippen LogP contribution in [-0.2, 0) is 23.1 Å². The van der Waals surface area contributed by atoms with E-state index in [-0.39, 0.29) is 5.97 Å². The molecule has 0 N–H and O–H groups in total. The highest BCUT2D eigenvalue weighted by Gasteiger charge is 2.29. The minimum Gasteiger partial charge on any atom is -0.460 e. The summed E-state index contributed by atoms with van der Waals surface area (Å²) in [5.74, 6) is -0.180. The first-order chi connectivity index (χ1) is 8.99. The summed E-state index contributed by atoms with van der Waals surface area (Å²) in [7, 11) is -2.06. The average molecular weight is 307 g/mol. The monoisotopic (exact) mass is 307 g/mol. The van der Waals surface area contributed by atoms with Gasteiger partial charge in [-0.15, -0.1) is 9.05 Å². The number of hydrogen-bond acceptors (Lipinski definition) is 5. The fourth-order valence-electron chi connectivity index (χ4n) is 1.33. The Morgan fingerprint density at radius 3 is 2.05 bits per heavy atom. The van der Waals surface area contributed by atoms with Crippen LogP contribution in [0.15, 0.2) is 0 Å². The van der Waals surface area contributed by atoms with E-state index in [1.54, 1.807) is 0 Å². The summed E-state index contributed by atoms with van der Waals surface area (Å²) in [6.45, 7) is 11.4. The lowest BCUT2D eigenvalue weighted by Gasteiger charge is -2.19. The Kier molecular flexibility index (Phi) is 8.48. The number of rotatable bonds is 8. The van der Waals surface area contributed by atoms with Crippen LogP contribution in [0.4, 0.5) is 0 Å². The van der Waals surface area contributed by atoms with E-state index in [0.29, 0.717) is 13.0 Å². The predicted octanol–water partition coefficient (Wildman–Crippen LogP) is 4.38. The molecule has 0 spiro atoms. The molecule has 0 aliphatic rings. The van der Waals surface area contributed by atoms with Crippen molar-refractivity contribution in [1.82, 2.24) is 0 Å². The van der Waals surface area contributed by atoms with Gasteiger partial charge in [-0.3, -0.25) is 4.79 Å². The zero-order valence-electron chi connectivity index (χ0n) is 13.5. The average Bonchev–Trinajstić information content (AvgIpc) is 2.17. The number of esters is 1. The summed E-state index contributed by atoms with van der Waals surface area (Å²) in [6.07, 6.45) is 2.73. The first-order valence-electron chi connectivity index (χ1n) is 7.01. The van der Waals surface area contributed by atoms with E-state index in [0.717, 1.165) is 19.3 Å². The molecule has 0 aromatic rings. The van der Waals surface area contributed by atoms with Crippen molar-refractivity contribution in [3.05, 3.63) is 0 Å². The number of carbonyl (C=O) groups is 1. The Hall–Kier alpha value is -0.510. The van der Waals surface area contributed by atoms with Crippen molar-refractivity contribution in [2.75, 3.05) is 6.61 Å². The van der Waals surface area contributed by atoms with Crippen molar-refractivity contribution in [2.24, 2.45) is 0 Å². The van der Waals surface area contributed by atoms with Crippen LogP contribution in [0.1, 0.15) is 67.2 Å². The molecule has 118 valence electrons. The van der Waals surface area contributed by atoms with Gasteiger partial charge in [0, 0.05) is 11.0 Å². The van der Waals surface area contributed by atoms with Gasteiger partial charge in [-0.25, -0.2) is 0 Å². The minimum absolute atomic E-state index is 0.180. The standard InChI is InChI=1S/C14H28O5P/c1-13(2,3)18-12(15)10-8-7-9-11-17-20(16)19-14(4,5)6/h7-11H2,1-6H3/q+1. The summed E-state index contributed by atoms with van der Waals surface area (Å²) in [5, 5.41) is 0. The third kappa shape index (κ3) is 13.9. The van der Waals surface area contributed by atoms with E-state index in [9.17, 15) is 9.36 Å². The van der Waals surface area contributed by atoms with Crippen molar-refractivity contribution in [2.45, 2.75) is 78.4 Å². The topological polar surface area (TPSA) is 61.8 Å². The molecule has 0 saturated carbocycles. The highest BCUT2D eigenvalue weighted by atomic mass is 31.1. The van der Waals surface area contributed by atoms with E-state index in [4.69, 9.17) is 13.8 Å². The zero-order chi connectivity index (χ0) is 15.8. The van der Waals surface area contributed by atoms with Crippen LogP contribution in [0.25, 0.3) is 0 Å². The van der Waals surface area contributed by atoms with Gasteiger partial charge in [0.2, 0.25) is 0 Å². The molecular weight excluding hydrogens is 279 g/mol. The van der Waals surface area contributed by atoms with Gasteiger partial charge in [0.05, 0.1) is 0 Å². The quantitative estimate of drug-likeness (QED) is 0.378. The van der Waals surface area contributed by atoms with Gasteiger partial charge < -0.3 is 4.74 Å². The maximum atomic E-state index is 11.4. The molecule has 0 aliphatic carbocycles. The molecule has 5 nitrogen and oxygen atoms in total. The second kappa shape index (κ2) is 8.71. The highest BCUT2D eigenvalue weighted by Crippen LogP contribution is 2.31. The Morgan fingerprint density at radius 2 is 1.55 bits per heavy atom. The van der Waals surface area contributed by atoms with E-state index in [2.05, 4.69) is 0 Å². The third-order valence-corrected chi connectivity index (χ3v) is 3.08. The van der Waals surface area contributed by atoms with Crippen LogP contribution in [0.2, 0.25) is 0 Å². The van der Waals surface area contributed by atoms with Crippen LogP contribution in [0.5, 0.6) is 0 Å². The van der Waals surface area contributed by atoms with Gasteiger partial charge in [-0.05, 0) is 54.4 Å².